The second-order valence-electron chi connectivity index (χ2n) is 3.44. The molecule has 1 aromatic carbocycles. The summed E-state index contributed by atoms with van der Waals surface area (Å²) < 4.78 is 5.05. The number of carbonyl (C=O) groups excluding carboxylic acids is 2. The van der Waals surface area contributed by atoms with E-state index in [0.29, 0.717) is 0 Å². The van der Waals surface area contributed by atoms with Crippen LogP contribution in [0, 0.1) is 0 Å². The fourth-order valence-electron chi connectivity index (χ4n) is 1.51. The minimum atomic E-state index is -0.824. The first-order valence-corrected chi connectivity index (χ1v) is 4.70. The zero-order chi connectivity index (χ0) is 10.8. The Morgan fingerprint density at radius 1 is 1.33 bits per heavy atom. The Balaban J connectivity index is 2.16. The van der Waals surface area contributed by atoms with Crippen molar-refractivity contribution in [2.45, 2.75) is 19.2 Å². The van der Waals surface area contributed by atoms with Crippen molar-refractivity contribution in [3.63, 3.8) is 0 Å². The summed E-state index contributed by atoms with van der Waals surface area (Å²) in [6.07, 6.45) is -0.507. The van der Waals surface area contributed by atoms with Crippen LogP contribution in [0.15, 0.2) is 30.3 Å². The zero-order valence-corrected chi connectivity index (χ0v) is 8.27. The Hall–Kier alpha value is -1.68. The summed E-state index contributed by atoms with van der Waals surface area (Å²) in [6, 6.07) is 8.44. The third-order valence-electron chi connectivity index (χ3n) is 2.30. The largest absolute Gasteiger partial charge is 0.441 e. The first-order valence-electron chi connectivity index (χ1n) is 4.70. The topological polar surface area (TPSA) is 55.4 Å². The van der Waals surface area contributed by atoms with Gasteiger partial charge in [0.1, 0.15) is 0 Å². The number of esters is 1. The predicted molar refractivity (Wildman–Crippen MR) is 52.9 cm³/mol. The highest BCUT2D eigenvalue weighted by molar-refractivity contribution is 6.03. The molecule has 1 fully saturated rings. The van der Waals surface area contributed by atoms with E-state index < -0.39 is 18.2 Å². The lowest BCUT2D eigenvalue weighted by atomic mass is 10.2. The molecule has 1 N–H and O–H groups in total. The van der Waals surface area contributed by atoms with Gasteiger partial charge in [0.15, 0.2) is 18.1 Å². The maximum absolute atomic E-state index is 11.3. The van der Waals surface area contributed by atoms with Gasteiger partial charge in [-0.2, -0.15) is 0 Å². The van der Waals surface area contributed by atoms with Gasteiger partial charge in [0.05, 0.1) is 0 Å². The molecular formula is C11H11NO3. The normalized spacial score (nSPS) is 25.0. The lowest BCUT2D eigenvalue weighted by Crippen LogP contribution is -2.34. The average molecular weight is 205 g/mol. The van der Waals surface area contributed by atoms with Crippen molar-refractivity contribution in [1.29, 1.82) is 0 Å². The molecule has 4 heteroatoms. The first kappa shape index (κ1) is 9.86. The Morgan fingerprint density at radius 3 is 2.53 bits per heavy atom. The lowest BCUT2D eigenvalue weighted by molar-refractivity contribution is -0.144. The molecule has 1 saturated heterocycles. The van der Waals surface area contributed by atoms with Crippen LogP contribution < -0.4 is 5.32 Å². The summed E-state index contributed by atoms with van der Waals surface area (Å²) in [4.78, 5) is 22.4. The van der Waals surface area contributed by atoms with E-state index in [1.165, 1.54) is 6.92 Å². The molecule has 0 saturated carbocycles. The Bertz CT molecular complexity index is 388. The highest BCUT2D eigenvalue weighted by Gasteiger charge is 2.37. The molecule has 1 heterocycles. The minimum Gasteiger partial charge on any atom is -0.441 e. The molecule has 78 valence electrons. The number of hydrogen-bond acceptors (Lipinski definition) is 4. The van der Waals surface area contributed by atoms with Gasteiger partial charge in [0.2, 0.25) is 0 Å². The van der Waals surface area contributed by atoms with Crippen LogP contribution in [0.4, 0.5) is 0 Å². The number of Topliss-reactive ketones (excluding diaryl/α,β-unsaturated/α-hetero) is 1. The van der Waals surface area contributed by atoms with Crippen LogP contribution in [-0.4, -0.2) is 17.8 Å². The van der Waals surface area contributed by atoms with E-state index in [-0.39, 0.29) is 5.78 Å². The predicted octanol–water partition coefficient (Wildman–Crippen LogP) is 0.789. The van der Waals surface area contributed by atoms with Gasteiger partial charge in [-0.1, -0.05) is 30.3 Å². The average Bonchev–Trinajstić information content (AvgIpc) is 2.62. The van der Waals surface area contributed by atoms with Crippen molar-refractivity contribution in [3.05, 3.63) is 35.9 Å². The van der Waals surface area contributed by atoms with Crippen molar-refractivity contribution in [2.75, 3.05) is 0 Å². The summed E-state index contributed by atoms with van der Waals surface area (Å²) in [5.41, 5.74) is 0.842. The fourth-order valence-corrected chi connectivity index (χ4v) is 1.51. The van der Waals surface area contributed by atoms with Crippen molar-refractivity contribution in [1.82, 2.24) is 5.32 Å². The van der Waals surface area contributed by atoms with E-state index in [2.05, 4.69) is 5.32 Å². The summed E-state index contributed by atoms with van der Waals surface area (Å²) in [5.74, 6) is -0.727. The van der Waals surface area contributed by atoms with Crippen molar-refractivity contribution in [3.8, 4) is 0 Å². The maximum atomic E-state index is 11.3. The zero-order valence-electron chi connectivity index (χ0n) is 8.27. The van der Waals surface area contributed by atoms with Gasteiger partial charge in [0.25, 0.3) is 0 Å². The van der Waals surface area contributed by atoms with Crippen molar-refractivity contribution >= 4 is 11.8 Å². The van der Waals surface area contributed by atoms with Gasteiger partial charge in [-0.05, 0) is 6.92 Å². The van der Waals surface area contributed by atoms with E-state index in [1.54, 1.807) is 0 Å². The number of hydrogen-bond donors (Lipinski definition) is 1. The van der Waals surface area contributed by atoms with Crippen LogP contribution in [0.3, 0.4) is 0 Å². The second-order valence-corrected chi connectivity index (χ2v) is 3.44. The molecule has 2 rings (SSSR count). The Morgan fingerprint density at radius 2 is 2.00 bits per heavy atom. The lowest BCUT2D eigenvalue weighted by Gasteiger charge is -2.09. The van der Waals surface area contributed by atoms with Crippen LogP contribution in [-0.2, 0) is 14.3 Å². The standard InChI is InChI=1S/C11H11NO3/c1-7(13)9-11(14)15-10(12-9)8-5-3-2-4-6-8/h2-6,9-10,12H,1H3. The number of rotatable bonds is 2. The van der Waals surface area contributed by atoms with Gasteiger partial charge in [0, 0.05) is 5.56 Å². The van der Waals surface area contributed by atoms with Crippen LogP contribution in [0.2, 0.25) is 0 Å². The molecule has 0 spiro atoms. The van der Waals surface area contributed by atoms with E-state index in [0.717, 1.165) is 5.56 Å². The summed E-state index contributed by atoms with van der Waals surface area (Å²) in [7, 11) is 0. The Labute approximate surface area is 87.2 Å². The molecule has 15 heavy (non-hydrogen) atoms. The van der Waals surface area contributed by atoms with Crippen LogP contribution in [0.1, 0.15) is 18.7 Å². The minimum absolute atomic E-state index is 0.224. The number of carbonyl (C=O) groups is 2. The molecule has 0 amide bonds. The number of ketones is 1. The molecule has 1 aliphatic rings. The Kier molecular flexibility index (Phi) is 2.51. The number of ether oxygens (including phenoxy) is 1. The van der Waals surface area contributed by atoms with E-state index in [9.17, 15) is 9.59 Å². The van der Waals surface area contributed by atoms with E-state index in [1.807, 2.05) is 30.3 Å². The van der Waals surface area contributed by atoms with Crippen LogP contribution >= 0.6 is 0 Å². The highest BCUT2D eigenvalue weighted by Crippen LogP contribution is 2.21. The first-order chi connectivity index (χ1) is 7.18. The molecule has 1 aliphatic heterocycles. The highest BCUT2D eigenvalue weighted by atomic mass is 16.6. The van der Waals surface area contributed by atoms with Gasteiger partial charge in [-0.3, -0.25) is 10.1 Å². The van der Waals surface area contributed by atoms with Crippen LogP contribution in [0.25, 0.3) is 0 Å². The van der Waals surface area contributed by atoms with E-state index >= 15 is 0 Å². The van der Waals surface area contributed by atoms with Crippen molar-refractivity contribution in [2.24, 2.45) is 0 Å². The van der Waals surface area contributed by atoms with Crippen LogP contribution in [0.5, 0.6) is 0 Å². The van der Waals surface area contributed by atoms with Crippen molar-refractivity contribution < 1.29 is 14.3 Å². The van der Waals surface area contributed by atoms with Gasteiger partial charge < -0.3 is 4.74 Å². The van der Waals surface area contributed by atoms with E-state index in [4.69, 9.17) is 4.74 Å². The quantitative estimate of drug-likeness (QED) is 0.573. The number of benzene rings is 1. The van der Waals surface area contributed by atoms with Gasteiger partial charge in [-0.25, -0.2) is 4.79 Å². The molecule has 1 aromatic rings. The molecule has 0 aliphatic carbocycles. The smallest absolute Gasteiger partial charge is 0.332 e. The van der Waals surface area contributed by atoms with Gasteiger partial charge >= 0.3 is 5.97 Å². The molecule has 0 radical (unpaired) electrons. The van der Waals surface area contributed by atoms with Gasteiger partial charge in [-0.15, -0.1) is 0 Å². The molecular weight excluding hydrogens is 194 g/mol. The summed E-state index contributed by atoms with van der Waals surface area (Å²) in [5, 5.41) is 2.84. The molecule has 0 aromatic heterocycles. The fraction of sp³-hybridized carbons (Fsp3) is 0.273. The summed E-state index contributed by atoms with van der Waals surface area (Å²) in [6.45, 7) is 1.37. The molecule has 2 atom stereocenters. The molecule has 0 bridgehead atoms. The second kappa shape index (κ2) is 3.82. The number of nitrogens with one attached hydrogen (secondary N) is 1. The molecule has 4 nitrogen and oxygen atoms in total. The SMILES string of the molecule is CC(=O)C1NC(c2ccccc2)OC1=O. The monoisotopic (exact) mass is 205 g/mol. The summed E-state index contributed by atoms with van der Waals surface area (Å²) >= 11 is 0. The third-order valence-corrected chi connectivity index (χ3v) is 2.30. The third kappa shape index (κ3) is 1.89. The number of cyclic esters (lactones) is 1. The molecule has 2 unspecified atom stereocenters. The maximum Gasteiger partial charge on any atom is 0.332 e.